The lowest BCUT2D eigenvalue weighted by molar-refractivity contribution is -0.170. The van der Waals surface area contributed by atoms with Crippen LogP contribution in [0.25, 0.3) is 11.4 Å². The minimum atomic E-state index is -0.932. The Bertz CT molecular complexity index is 792. The number of ether oxygens (including phenoxy) is 2. The highest BCUT2D eigenvalue weighted by Gasteiger charge is 2.20. The van der Waals surface area contributed by atoms with Crippen LogP contribution in [-0.2, 0) is 9.47 Å². The number of hydrogen-bond acceptors (Lipinski definition) is 4. The highest BCUT2D eigenvalue weighted by molar-refractivity contribution is 5.55. The third-order valence-electron chi connectivity index (χ3n) is 4.10. The van der Waals surface area contributed by atoms with Crippen molar-refractivity contribution in [1.82, 2.24) is 9.97 Å². The van der Waals surface area contributed by atoms with Gasteiger partial charge < -0.3 is 9.47 Å². The first-order valence-corrected chi connectivity index (χ1v) is 8.68. The number of unbranched alkanes of at least 4 members (excludes halogenated alkanes) is 1. The van der Waals surface area contributed by atoms with Gasteiger partial charge >= 0.3 is 0 Å². The first-order valence-electron chi connectivity index (χ1n) is 8.68. The molecule has 0 saturated carbocycles. The summed E-state index contributed by atoms with van der Waals surface area (Å²) in [5.41, 5.74) is 0.997. The molecule has 0 radical (unpaired) electrons. The van der Waals surface area contributed by atoms with E-state index in [1.807, 2.05) is 0 Å². The van der Waals surface area contributed by atoms with Gasteiger partial charge in [0.25, 0.3) is 0 Å². The van der Waals surface area contributed by atoms with E-state index >= 15 is 0 Å². The Balaban J connectivity index is 1.58. The van der Waals surface area contributed by atoms with Crippen LogP contribution in [0.2, 0.25) is 0 Å². The van der Waals surface area contributed by atoms with Gasteiger partial charge in [0.1, 0.15) is 0 Å². The summed E-state index contributed by atoms with van der Waals surface area (Å²) in [5.74, 6) is 4.73. The molecule has 3 rings (SSSR count). The molecule has 0 unspecified atom stereocenters. The molecule has 136 valence electrons. The second-order valence-electron chi connectivity index (χ2n) is 6.20. The molecule has 0 spiro atoms. The maximum Gasteiger partial charge on any atom is 0.222 e. The molecular formula is C20H20F2N2O2. The van der Waals surface area contributed by atoms with Gasteiger partial charge in [-0.05, 0) is 30.5 Å². The first-order chi connectivity index (χ1) is 12.7. The monoisotopic (exact) mass is 358 g/mol. The second-order valence-corrected chi connectivity index (χ2v) is 6.20. The smallest absolute Gasteiger partial charge is 0.222 e. The van der Waals surface area contributed by atoms with Crippen LogP contribution in [0.15, 0.2) is 30.6 Å². The Kier molecular flexibility index (Phi) is 6.26. The van der Waals surface area contributed by atoms with Gasteiger partial charge in [0.2, 0.25) is 6.29 Å². The normalized spacial score (nSPS) is 19.7. The van der Waals surface area contributed by atoms with Crippen molar-refractivity contribution in [3.8, 4) is 23.2 Å². The predicted octanol–water partition coefficient (Wildman–Crippen LogP) is 3.95. The average Bonchev–Trinajstić information content (AvgIpc) is 2.68. The molecule has 4 nitrogen and oxygen atoms in total. The van der Waals surface area contributed by atoms with Gasteiger partial charge in [0.05, 0.1) is 18.8 Å². The van der Waals surface area contributed by atoms with Crippen LogP contribution < -0.4 is 0 Å². The van der Waals surface area contributed by atoms with E-state index < -0.39 is 17.9 Å². The second kappa shape index (κ2) is 8.84. The highest BCUT2D eigenvalue weighted by atomic mass is 19.2. The average molecular weight is 358 g/mol. The fourth-order valence-corrected chi connectivity index (χ4v) is 2.61. The van der Waals surface area contributed by atoms with Crippen molar-refractivity contribution in [3.63, 3.8) is 0 Å². The lowest BCUT2D eigenvalue weighted by Gasteiger charge is -2.26. The molecule has 6 heteroatoms. The molecule has 0 atom stereocenters. The van der Waals surface area contributed by atoms with Crippen LogP contribution in [0.3, 0.4) is 0 Å². The molecule has 1 aromatic carbocycles. The van der Waals surface area contributed by atoms with E-state index in [-0.39, 0.29) is 0 Å². The SMILES string of the molecule is CCCCC1COC(C#Cc2cnc(-c3ccc(F)c(F)c3)nc2)OC1. The molecule has 26 heavy (non-hydrogen) atoms. The molecule has 0 N–H and O–H groups in total. The van der Waals surface area contributed by atoms with Crippen LogP contribution >= 0.6 is 0 Å². The summed E-state index contributed by atoms with van der Waals surface area (Å²) in [5, 5.41) is 0. The van der Waals surface area contributed by atoms with E-state index in [1.54, 1.807) is 0 Å². The van der Waals surface area contributed by atoms with E-state index in [0.29, 0.717) is 36.1 Å². The van der Waals surface area contributed by atoms with Crippen molar-refractivity contribution >= 4 is 0 Å². The van der Waals surface area contributed by atoms with Crippen molar-refractivity contribution in [2.75, 3.05) is 13.2 Å². The van der Waals surface area contributed by atoms with Crippen molar-refractivity contribution in [3.05, 3.63) is 47.8 Å². The number of aromatic nitrogens is 2. The lowest BCUT2D eigenvalue weighted by atomic mass is 10.0. The summed E-state index contributed by atoms with van der Waals surface area (Å²) in [7, 11) is 0. The number of rotatable bonds is 4. The van der Waals surface area contributed by atoms with E-state index in [1.165, 1.54) is 31.3 Å². The van der Waals surface area contributed by atoms with Crippen LogP contribution in [0, 0.1) is 29.4 Å². The quantitative estimate of drug-likeness (QED) is 0.776. The van der Waals surface area contributed by atoms with Crippen molar-refractivity contribution in [1.29, 1.82) is 0 Å². The molecule has 0 amide bonds. The zero-order valence-corrected chi connectivity index (χ0v) is 14.5. The van der Waals surface area contributed by atoms with Gasteiger partial charge in [-0.15, -0.1) is 0 Å². The Morgan fingerprint density at radius 1 is 1.12 bits per heavy atom. The summed E-state index contributed by atoms with van der Waals surface area (Å²) in [6, 6.07) is 3.54. The van der Waals surface area contributed by atoms with E-state index in [0.717, 1.165) is 18.6 Å². The zero-order chi connectivity index (χ0) is 18.4. The fourth-order valence-electron chi connectivity index (χ4n) is 2.61. The van der Waals surface area contributed by atoms with Crippen LogP contribution in [0.1, 0.15) is 31.7 Å². The zero-order valence-electron chi connectivity index (χ0n) is 14.5. The van der Waals surface area contributed by atoms with Crippen LogP contribution in [-0.4, -0.2) is 29.5 Å². The number of halogens is 2. The minimum Gasteiger partial charge on any atom is -0.342 e. The Morgan fingerprint density at radius 3 is 2.50 bits per heavy atom. The van der Waals surface area contributed by atoms with Gasteiger partial charge in [0.15, 0.2) is 17.5 Å². The van der Waals surface area contributed by atoms with Crippen molar-refractivity contribution in [2.24, 2.45) is 5.92 Å². The molecule has 1 fully saturated rings. The summed E-state index contributed by atoms with van der Waals surface area (Å²) < 4.78 is 37.5. The van der Waals surface area contributed by atoms with Crippen molar-refractivity contribution < 1.29 is 18.3 Å². The highest BCUT2D eigenvalue weighted by Crippen LogP contribution is 2.18. The molecule has 2 heterocycles. The third-order valence-corrected chi connectivity index (χ3v) is 4.10. The largest absolute Gasteiger partial charge is 0.342 e. The maximum absolute atomic E-state index is 13.3. The Morgan fingerprint density at radius 2 is 1.85 bits per heavy atom. The predicted molar refractivity (Wildman–Crippen MR) is 93.0 cm³/mol. The van der Waals surface area contributed by atoms with Gasteiger partial charge in [-0.3, -0.25) is 0 Å². The fraction of sp³-hybridized carbons (Fsp3) is 0.400. The van der Waals surface area contributed by atoms with E-state index in [4.69, 9.17) is 9.47 Å². The molecule has 0 bridgehead atoms. The van der Waals surface area contributed by atoms with Gasteiger partial charge in [-0.2, -0.15) is 0 Å². The van der Waals surface area contributed by atoms with E-state index in [9.17, 15) is 8.78 Å². The maximum atomic E-state index is 13.3. The molecule has 1 aliphatic rings. The summed E-state index contributed by atoms with van der Waals surface area (Å²) in [6.45, 7) is 3.48. The molecule has 1 aromatic heterocycles. The minimum absolute atomic E-state index is 0.304. The van der Waals surface area contributed by atoms with Gasteiger partial charge in [-0.25, -0.2) is 18.7 Å². The third kappa shape index (κ3) is 4.84. The molecular weight excluding hydrogens is 338 g/mol. The van der Waals surface area contributed by atoms with Crippen LogP contribution in [0.5, 0.6) is 0 Å². The van der Waals surface area contributed by atoms with Gasteiger partial charge in [-0.1, -0.05) is 25.7 Å². The van der Waals surface area contributed by atoms with E-state index in [2.05, 4.69) is 28.7 Å². The summed E-state index contributed by atoms with van der Waals surface area (Å²) >= 11 is 0. The number of benzene rings is 1. The van der Waals surface area contributed by atoms with Crippen molar-refractivity contribution in [2.45, 2.75) is 32.5 Å². The standard InChI is InChI=1S/C20H20F2N2O2/c1-2-3-4-15-12-25-19(26-13-15)8-5-14-10-23-20(24-11-14)16-6-7-17(21)18(22)9-16/h6-7,9-11,15,19H,2-4,12-13H2,1H3. The summed E-state index contributed by atoms with van der Waals surface area (Å²) in [4.78, 5) is 8.29. The number of hydrogen-bond donors (Lipinski definition) is 0. The number of nitrogens with zero attached hydrogens (tertiary/aromatic N) is 2. The lowest BCUT2D eigenvalue weighted by Crippen LogP contribution is -2.31. The molecule has 2 aromatic rings. The first kappa shape index (κ1) is 18.4. The molecule has 1 saturated heterocycles. The molecule has 0 aliphatic carbocycles. The topological polar surface area (TPSA) is 44.2 Å². The van der Waals surface area contributed by atoms with Gasteiger partial charge in [0, 0.05) is 23.9 Å². The molecule has 1 aliphatic heterocycles. The summed E-state index contributed by atoms with van der Waals surface area (Å²) in [6.07, 6.45) is 5.97. The van der Waals surface area contributed by atoms with Crippen LogP contribution in [0.4, 0.5) is 8.78 Å². The Labute approximate surface area is 151 Å². The Hall–Kier alpha value is -2.36.